The van der Waals surface area contributed by atoms with E-state index in [9.17, 15) is 9.59 Å². The highest BCUT2D eigenvalue weighted by Crippen LogP contribution is 2.21. The molecule has 0 bridgehead atoms. The third-order valence-electron chi connectivity index (χ3n) is 3.83. The molecule has 3 amide bonds. The Kier molecular flexibility index (Phi) is 4.10. The molecule has 1 fully saturated rings. The van der Waals surface area contributed by atoms with Crippen LogP contribution in [0.15, 0.2) is 28.8 Å². The summed E-state index contributed by atoms with van der Waals surface area (Å²) in [5.41, 5.74) is 1.89. The van der Waals surface area contributed by atoms with E-state index < -0.39 is 12.1 Å². The largest absolute Gasteiger partial charge is 0.337 e. The highest BCUT2D eigenvalue weighted by atomic mass is 16.5. The average molecular weight is 314 g/mol. The number of rotatable bonds is 5. The lowest BCUT2D eigenvalue weighted by atomic mass is 10.1. The molecule has 0 radical (unpaired) electrons. The molecule has 0 spiro atoms. The van der Waals surface area contributed by atoms with Crippen LogP contribution in [0.25, 0.3) is 11.4 Å². The molecule has 1 saturated heterocycles. The topological polar surface area (TPSA) is 88.3 Å². The number of hydrogen-bond acceptors (Lipinski definition) is 5. The van der Waals surface area contributed by atoms with Gasteiger partial charge in [0.15, 0.2) is 0 Å². The number of amides is 3. The fourth-order valence-corrected chi connectivity index (χ4v) is 2.60. The number of urea groups is 1. The Bertz CT molecular complexity index is 740. The molecule has 1 N–H and O–H groups in total. The average Bonchev–Trinajstić information content (AvgIpc) is 3.09. The number of imide groups is 1. The number of aryl methyl sites for hydroxylation is 1. The molecule has 1 aliphatic heterocycles. The van der Waals surface area contributed by atoms with Crippen molar-refractivity contribution in [1.82, 2.24) is 20.4 Å². The number of aromatic nitrogens is 2. The van der Waals surface area contributed by atoms with Gasteiger partial charge in [-0.15, -0.1) is 0 Å². The zero-order chi connectivity index (χ0) is 16.4. The number of carbonyl (C=O) groups is 2. The molecule has 0 aliphatic carbocycles. The van der Waals surface area contributed by atoms with E-state index in [0.29, 0.717) is 12.2 Å². The number of benzene rings is 1. The van der Waals surface area contributed by atoms with E-state index in [1.165, 1.54) is 0 Å². The summed E-state index contributed by atoms with van der Waals surface area (Å²) in [4.78, 5) is 29.5. The summed E-state index contributed by atoms with van der Waals surface area (Å²) in [6.07, 6.45) is 1.45. The highest BCUT2D eigenvalue weighted by Gasteiger charge is 2.38. The Morgan fingerprint density at radius 3 is 2.83 bits per heavy atom. The summed E-state index contributed by atoms with van der Waals surface area (Å²) < 4.78 is 5.19. The van der Waals surface area contributed by atoms with Crippen LogP contribution >= 0.6 is 0 Å². The fourth-order valence-electron chi connectivity index (χ4n) is 2.60. The summed E-state index contributed by atoms with van der Waals surface area (Å²) in [6, 6.07) is 6.81. The van der Waals surface area contributed by atoms with Gasteiger partial charge in [-0.05, 0) is 18.9 Å². The standard InChI is InChI=1S/C16H18N4O3/c1-3-6-12-15(21)20(16(22)17-12)9-13-18-14(19-23-13)11-8-5-4-7-10(11)2/h4-5,7-8,12H,3,6,9H2,1-2H3,(H,17,22). The molecular weight excluding hydrogens is 296 g/mol. The van der Waals surface area contributed by atoms with Gasteiger partial charge in [0, 0.05) is 5.56 Å². The van der Waals surface area contributed by atoms with Crippen LogP contribution in [-0.2, 0) is 11.3 Å². The number of nitrogens with one attached hydrogen (secondary N) is 1. The second-order valence-electron chi connectivity index (χ2n) is 5.54. The molecule has 7 nitrogen and oxygen atoms in total. The molecule has 1 aromatic heterocycles. The molecule has 0 saturated carbocycles. The van der Waals surface area contributed by atoms with E-state index in [-0.39, 0.29) is 18.3 Å². The Hall–Kier alpha value is -2.70. The lowest BCUT2D eigenvalue weighted by Gasteiger charge is -2.09. The molecular formula is C16H18N4O3. The summed E-state index contributed by atoms with van der Waals surface area (Å²) in [5.74, 6) is 0.451. The van der Waals surface area contributed by atoms with E-state index in [2.05, 4.69) is 15.5 Å². The molecule has 3 rings (SSSR count). The third kappa shape index (κ3) is 2.94. The minimum absolute atomic E-state index is 0.0102. The Morgan fingerprint density at radius 1 is 1.30 bits per heavy atom. The Labute approximate surface area is 133 Å². The maximum Gasteiger partial charge on any atom is 0.325 e. The van der Waals surface area contributed by atoms with Crippen molar-refractivity contribution in [2.24, 2.45) is 0 Å². The number of carbonyl (C=O) groups excluding carboxylic acids is 2. The van der Waals surface area contributed by atoms with E-state index in [1.54, 1.807) is 0 Å². The van der Waals surface area contributed by atoms with Crippen molar-refractivity contribution in [3.8, 4) is 11.4 Å². The summed E-state index contributed by atoms with van der Waals surface area (Å²) >= 11 is 0. The molecule has 1 aliphatic rings. The summed E-state index contributed by atoms with van der Waals surface area (Å²) in [7, 11) is 0. The predicted octanol–water partition coefficient (Wildman–Crippen LogP) is 2.27. The maximum absolute atomic E-state index is 12.2. The van der Waals surface area contributed by atoms with Crippen LogP contribution in [-0.4, -0.2) is 33.0 Å². The van der Waals surface area contributed by atoms with Crippen LogP contribution in [0.2, 0.25) is 0 Å². The molecule has 2 aromatic rings. The van der Waals surface area contributed by atoms with Crippen LogP contribution in [0.3, 0.4) is 0 Å². The zero-order valence-electron chi connectivity index (χ0n) is 13.1. The first-order chi connectivity index (χ1) is 11.1. The van der Waals surface area contributed by atoms with Gasteiger partial charge in [-0.25, -0.2) is 4.79 Å². The van der Waals surface area contributed by atoms with Crippen LogP contribution in [0, 0.1) is 6.92 Å². The van der Waals surface area contributed by atoms with Gasteiger partial charge < -0.3 is 9.84 Å². The number of hydrogen-bond donors (Lipinski definition) is 1. The van der Waals surface area contributed by atoms with Gasteiger partial charge in [0.1, 0.15) is 12.6 Å². The molecule has 2 heterocycles. The van der Waals surface area contributed by atoms with E-state index in [1.807, 2.05) is 38.1 Å². The molecule has 120 valence electrons. The quantitative estimate of drug-likeness (QED) is 0.855. The Balaban J connectivity index is 1.76. The maximum atomic E-state index is 12.2. The van der Waals surface area contributed by atoms with E-state index in [4.69, 9.17) is 4.52 Å². The minimum Gasteiger partial charge on any atom is -0.337 e. The van der Waals surface area contributed by atoms with Crippen molar-refractivity contribution in [2.45, 2.75) is 39.3 Å². The van der Waals surface area contributed by atoms with Crippen LogP contribution in [0.5, 0.6) is 0 Å². The molecule has 1 unspecified atom stereocenters. The van der Waals surface area contributed by atoms with Crippen molar-refractivity contribution in [3.63, 3.8) is 0 Å². The van der Waals surface area contributed by atoms with Gasteiger partial charge in [0.25, 0.3) is 5.91 Å². The fraction of sp³-hybridized carbons (Fsp3) is 0.375. The summed E-state index contributed by atoms with van der Waals surface area (Å²) in [6.45, 7) is 3.91. The monoisotopic (exact) mass is 314 g/mol. The SMILES string of the molecule is CCCC1NC(=O)N(Cc2nc(-c3ccccc3C)no2)C1=O. The van der Waals surface area contributed by atoms with Gasteiger partial charge in [0.05, 0.1) is 0 Å². The lowest BCUT2D eigenvalue weighted by Crippen LogP contribution is -2.31. The van der Waals surface area contributed by atoms with Crippen molar-refractivity contribution < 1.29 is 14.1 Å². The van der Waals surface area contributed by atoms with Gasteiger partial charge in [0.2, 0.25) is 11.7 Å². The molecule has 1 aromatic carbocycles. The van der Waals surface area contributed by atoms with Crippen LogP contribution in [0.1, 0.15) is 31.2 Å². The van der Waals surface area contributed by atoms with Gasteiger partial charge in [-0.3, -0.25) is 9.69 Å². The van der Waals surface area contributed by atoms with Crippen molar-refractivity contribution in [3.05, 3.63) is 35.7 Å². The predicted molar refractivity (Wildman–Crippen MR) is 82.2 cm³/mol. The zero-order valence-corrected chi connectivity index (χ0v) is 13.1. The van der Waals surface area contributed by atoms with Crippen molar-refractivity contribution >= 4 is 11.9 Å². The minimum atomic E-state index is -0.453. The second-order valence-corrected chi connectivity index (χ2v) is 5.54. The molecule has 23 heavy (non-hydrogen) atoms. The van der Waals surface area contributed by atoms with Crippen molar-refractivity contribution in [1.29, 1.82) is 0 Å². The lowest BCUT2D eigenvalue weighted by molar-refractivity contribution is -0.128. The normalized spacial score (nSPS) is 17.7. The van der Waals surface area contributed by atoms with Gasteiger partial charge >= 0.3 is 6.03 Å². The van der Waals surface area contributed by atoms with Crippen LogP contribution < -0.4 is 5.32 Å². The second kappa shape index (κ2) is 6.20. The third-order valence-corrected chi connectivity index (χ3v) is 3.83. The summed E-state index contributed by atoms with van der Waals surface area (Å²) in [5, 5.41) is 6.61. The van der Waals surface area contributed by atoms with E-state index >= 15 is 0 Å². The number of nitrogens with zero attached hydrogens (tertiary/aromatic N) is 3. The van der Waals surface area contributed by atoms with Crippen molar-refractivity contribution in [2.75, 3.05) is 0 Å². The molecule has 7 heteroatoms. The van der Waals surface area contributed by atoms with Gasteiger partial charge in [-0.1, -0.05) is 42.8 Å². The molecule has 1 atom stereocenters. The first-order valence-electron chi connectivity index (χ1n) is 7.60. The highest BCUT2D eigenvalue weighted by molar-refractivity contribution is 6.04. The first kappa shape index (κ1) is 15.2. The smallest absolute Gasteiger partial charge is 0.325 e. The first-order valence-corrected chi connectivity index (χ1v) is 7.60. The van der Waals surface area contributed by atoms with Crippen LogP contribution in [0.4, 0.5) is 4.79 Å². The Morgan fingerprint density at radius 2 is 2.09 bits per heavy atom. The van der Waals surface area contributed by atoms with Gasteiger partial charge in [-0.2, -0.15) is 4.98 Å². The van der Waals surface area contributed by atoms with E-state index in [0.717, 1.165) is 22.4 Å².